The van der Waals surface area contributed by atoms with E-state index < -0.39 is 5.82 Å². The molecular formula is C16H24FNO2. The van der Waals surface area contributed by atoms with Crippen molar-refractivity contribution in [2.75, 3.05) is 6.61 Å². The second kappa shape index (κ2) is 6.55. The van der Waals surface area contributed by atoms with Gasteiger partial charge in [0.25, 0.3) is 0 Å². The summed E-state index contributed by atoms with van der Waals surface area (Å²) in [6.45, 7) is 5.67. The van der Waals surface area contributed by atoms with Crippen LogP contribution in [0, 0.1) is 5.82 Å². The van der Waals surface area contributed by atoms with Gasteiger partial charge in [-0.15, -0.1) is 0 Å². The molecule has 0 aliphatic carbocycles. The predicted molar refractivity (Wildman–Crippen MR) is 77.2 cm³/mol. The van der Waals surface area contributed by atoms with Crippen LogP contribution in [0.4, 0.5) is 4.39 Å². The highest BCUT2D eigenvalue weighted by Crippen LogP contribution is 2.31. The molecule has 1 heterocycles. The van der Waals surface area contributed by atoms with Crippen LogP contribution in [0.15, 0.2) is 18.2 Å². The van der Waals surface area contributed by atoms with Crippen LogP contribution in [0.5, 0.6) is 5.75 Å². The van der Waals surface area contributed by atoms with E-state index in [1.165, 1.54) is 6.07 Å². The van der Waals surface area contributed by atoms with Crippen LogP contribution in [0.1, 0.15) is 45.1 Å². The average Bonchev–Trinajstić information content (AvgIpc) is 2.44. The standard InChI is InChI=1S/C16H24FNO2/c1-3-16(4-2)10-14(5-6-20-16)18-11-12-7-13(17)9-15(19)8-12/h7-9,14,18-19H,3-6,10-11H2,1-2H3. The summed E-state index contributed by atoms with van der Waals surface area (Å²) in [5.74, 6) is -0.421. The summed E-state index contributed by atoms with van der Waals surface area (Å²) in [7, 11) is 0. The second-order valence-corrected chi connectivity index (χ2v) is 5.63. The number of hydrogen-bond donors (Lipinski definition) is 2. The first-order valence-corrected chi connectivity index (χ1v) is 7.42. The van der Waals surface area contributed by atoms with Crippen LogP contribution < -0.4 is 5.32 Å². The lowest BCUT2D eigenvalue weighted by Gasteiger charge is -2.40. The van der Waals surface area contributed by atoms with Crippen molar-refractivity contribution in [3.8, 4) is 5.75 Å². The summed E-state index contributed by atoms with van der Waals surface area (Å²) in [5.41, 5.74) is 0.757. The summed E-state index contributed by atoms with van der Waals surface area (Å²) in [4.78, 5) is 0. The maximum Gasteiger partial charge on any atom is 0.127 e. The molecular weight excluding hydrogens is 257 g/mol. The normalized spacial score (nSPS) is 21.9. The predicted octanol–water partition coefficient (Wildman–Crippen LogP) is 3.36. The third-order valence-electron chi connectivity index (χ3n) is 4.32. The van der Waals surface area contributed by atoms with Gasteiger partial charge in [-0.25, -0.2) is 4.39 Å². The van der Waals surface area contributed by atoms with Gasteiger partial charge < -0.3 is 15.2 Å². The van der Waals surface area contributed by atoms with Gasteiger partial charge in [0.05, 0.1) is 5.60 Å². The van der Waals surface area contributed by atoms with E-state index in [4.69, 9.17) is 4.74 Å². The van der Waals surface area contributed by atoms with Crippen LogP contribution >= 0.6 is 0 Å². The minimum absolute atomic E-state index is 0.0139. The SMILES string of the molecule is CCC1(CC)CC(NCc2cc(O)cc(F)c2)CCO1. The lowest BCUT2D eigenvalue weighted by Crippen LogP contribution is -2.46. The van der Waals surface area contributed by atoms with Crippen molar-refractivity contribution in [2.24, 2.45) is 0 Å². The monoisotopic (exact) mass is 281 g/mol. The summed E-state index contributed by atoms with van der Waals surface area (Å²) in [6, 6.07) is 4.56. The number of nitrogens with one attached hydrogen (secondary N) is 1. The number of rotatable bonds is 5. The number of aromatic hydroxyl groups is 1. The Hall–Kier alpha value is -1.13. The molecule has 4 heteroatoms. The van der Waals surface area contributed by atoms with E-state index in [1.54, 1.807) is 6.07 Å². The molecule has 20 heavy (non-hydrogen) atoms. The lowest BCUT2D eigenvalue weighted by molar-refractivity contribution is -0.0932. The van der Waals surface area contributed by atoms with Crippen LogP contribution in [0.3, 0.4) is 0 Å². The van der Waals surface area contributed by atoms with Crippen molar-refractivity contribution in [1.82, 2.24) is 5.32 Å². The zero-order chi connectivity index (χ0) is 14.6. The van der Waals surface area contributed by atoms with Gasteiger partial charge in [-0.2, -0.15) is 0 Å². The van der Waals surface area contributed by atoms with E-state index in [0.717, 1.165) is 43.9 Å². The third-order valence-corrected chi connectivity index (χ3v) is 4.32. The van der Waals surface area contributed by atoms with Crippen LogP contribution in [-0.4, -0.2) is 23.4 Å². The summed E-state index contributed by atoms with van der Waals surface area (Å²) in [5, 5.41) is 12.9. The Morgan fingerprint density at radius 3 is 2.75 bits per heavy atom. The molecule has 1 saturated heterocycles. The van der Waals surface area contributed by atoms with Gasteiger partial charge in [0.1, 0.15) is 11.6 Å². The Kier molecular flexibility index (Phi) is 5.00. The maximum atomic E-state index is 13.2. The Bertz CT molecular complexity index is 426. The number of ether oxygens (including phenoxy) is 1. The van der Waals surface area contributed by atoms with Gasteiger partial charge in [0.15, 0.2) is 0 Å². The highest BCUT2D eigenvalue weighted by atomic mass is 19.1. The van der Waals surface area contributed by atoms with Crippen molar-refractivity contribution < 1.29 is 14.2 Å². The fourth-order valence-electron chi connectivity index (χ4n) is 2.94. The zero-order valence-electron chi connectivity index (χ0n) is 12.3. The van der Waals surface area contributed by atoms with Crippen molar-refractivity contribution in [3.63, 3.8) is 0 Å². The molecule has 0 radical (unpaired) electrons. The molecule has 2 rings (SSSR count). The number of benzene rings is 1. The first kappa shape index (κ1) is 15.3. The number of phenolic OH excluding ortho intramolecular Hbond substituents is 1. The molecule has 1 atom stereocenters. The van der Waals surface area contributed by atoms with Gasteiger partial charge in [-0.3, -0.25) is 0 Å². The van der Waals surface area contributed by atoms with Crippen LogP contribution in [0.25, 0.3) is 0 Å². The topological polar surface area (TPSA) is 41.5 Å². The molecule has 3 nitrogen and oxygen atoms in total. The van der Waals surface area contributed by atoms with Gasteiger partial charge in [-0.05, 0) is 43.4 Å². The molecule has 1 unspecified atom stereocenters. The molecule has 1 aliphatic heterocycles. The van der Waals surface area contributed by atoms with Gasteiger partial charge >= 0.3 is 0 Å². The minimum Gasteiger partial charge on any atom is -0.508 e. The molecule has 0 spiro atoms. The molecule has 0 amide bonds. The molecule has 2 N–H and O–H groups in total. The Morgan fingerprint density at radius 2 is 2.10 bits per heavy atom. The molecule has 112 valence electrons. The van der Waals surface area contributed by atoms with Gasteiger partial charge in [-0.1, -0.05) is 13.8 Å². The van der Waals surface area contributed by atoms with Crippen LogP contribution in [-0.2, 0) is 11.3 Å². The largest absolute Gasteiger partial charge is 0.508 e. The van der Waals surface area contributed by atoms with Crippen molar-refractivity contribution >= 4 is 0 Å². The first-order chi connectivity index (χ1) is 9.57. The van der Waals surface area contributed by atoms with E-state index in [2.05, 4.69) is 19.2 Å². The number of hydrogen-bond acceptors (Lipinski definition) is 3. The third kappa shape index (κ3) is 3.70. The summed E-state index contributed by atoms with van der Waals surface area (Å²) in [6.07, 6.45) is 4.00. The molecule has 0 aromatic heterocycles. The summed E-state index contributed by atoms with van der Waals surface area (Å²) >= 11 is 0. The van der Waals surface area contributed by atoms with E-state index in [-0.39, 0.29) is 11.4 Å². The molecule has 1 fully saturated rings. The smallest absolute Gasteiger partial charge is 0.127 e. The van der Waals surface area contributed by atoms with E-state index in [1.807, 2.05) is 0 Å². The van der Waals surface area contributed by atoms with Crippen molar-refractivity contribution in [3.05, 3.63) is 29.6 Å². The number of halogens is 1. The Labute approximate surface area is 120 Å². The van der Waals surface area contributed by atoms with Gasteiger partial charge in [0.2, 0.25) is 0 Å². The highest BCUT2D eigenvalue weighted by Gasteiger charge is 2.34. The van der Waals surface area contributed by atoms with Crippen molar-refractivity contribution in [2.45, 2.75) is 57.7 Å². The molecule has 0 bridgehead atoms. The van der Waals surface area contributed by atoms with E-state index >= 15 is 0 Å². The fourth-order valence-corrected chi connectivity index (χ4v) is 2.94. The fraction of sp³-hybridized carbons (Fsp3) is 0.625. The van der Waals surface area contributed by atoms with Crippen LogP contribution in [0.2, 0.25) is 0 Å². The van der Waals surface area contributed by atoms with Gasteiger partial charge in [0, 0.05) is 25.3 Å². The zero-order valence-corrected chi connectivity index (χ0v) is 12.3. The average molecular weight is 281 g/mol. The first-order valence-electron chi connectivity index (χ1n) is 7.42. The lowest BCUT2D eigenvalue weighted by atomic mass is 9.86. The molecule has 1 aliphatic rings. The van der Waals surface area contributed by atoms with E-state index in [0.29, 0.717) is 12.6 Å². The second-order valence-electron chi connectivity index (χ2n) is 5.63. The van der Waals surface area contributed by atoms with Crippen molar-refractivity contribution in [1.29, 1.82) is 0 Å². The molecule has 1 aromatic carbocycles. The summed E-state index contributed by atoms with van der Waals surface area (Å²) < 4.78 is 19.2. The minimum atomic E-state index is -0.398. The maximum absolute atomic E-state index is 13.2. The highest BCUT2D eigenvalue weighted by molar-refractivity contribution is 5.28. The molecule has 1 aromatic rings. The Morgan fingerprint density at radius 1 is 1.35 bits per heavy atom. The quantitative estimate of drug-likeness (QED) is 0.869. The molecule has 0 saturated carbocycles. The Balaban J connectivity index is 1.93. The number of phenols is 1. The van der Waals surface area contributed by atoms with E-state index in [9.17, 15) is 9.50 Å².